The SMILES string of the molecule is CC(C)C1=NC(N2CCN(C(=O)C3CC3)CC2)=NC(=O)C1F. The van der Waals surface area contributed by atoms with E-state index in [1.165, 1.54) is 0 Å². The van der Waals surface area contributed by atoms with Crippen molar-refractivity contribution in [2.24, 2.45) is 21.8 Å². The van der Waals surface area contributed by atoms with Gasteiger partial charge in [0, 0.05) is 32.1 Å². The van der Waals surface area contributed by atoms with Crippen molar-refractivity contribution in [1.29, 1.82) is 0 Å². The molecule has 2 amide bonds. The zero-order chi connectivity index (χ0) is 15.9. The van der Waals surface area contributed by atoms with Crippen LogP contribution in [0.3, 0.4) is 0 Å². The molecule has 2 heterocycles. The second kappa shape index (κ2) is 5.78. The quantitative estimate of drug-likeness (QED) is 0.760. The minimum atomic E-state index is -1.72. The van der Waals surface area contributed by atoms with E-state index in [1.54, 1.807) is 0 Å². The number of carbonyl (C=O) groups is 2. The highest BCUT2D eigenvalue weighted by molar-refractivity contribution is 6.18. The third kappa shape index (κ3) is 2.89. The first-order valence-electron chi connectivity index (χ1n) is 7.86. The Bertz CT molecular complexity index is 546. The van der Waals surface area contributed by atoms with Crippen LogP contribution in [0.2, 0.25) is 0 Å². The van der Waals surface area contributed by atoms with E-state index >= 15 is 0 Å². The van der Waals surface area contributed by atoms with Gasteiger partial charge in [0.2, 0.25) is 18.0 Å². The van der Waals surface area contributed by atoms with E-state index in [0.29, 0.717) is 32.1 Å². The van der Waals surface area contributed by atoms with Crippen molar-refractivity contribution in [3.63, 3.8) is 0 Å². The van der Waals surface area contributed by atoms with Crippen molar-refractivity contribution >= 4 is 23.5 Å². The van der Waals surface area contributed by atoms with Gasteiger partial charge >= 0.3 is 0 Å². The Kier molecular flexibility index (Phi) is 3.97. The molecule has 1 saturated carbocycles. The zero-order valence-corrected chi connectivity index (χ0v) is 13.0. The number of alkyl halides is 1. The molecular formula is C15H21FN4O2. The van der Waals surface area contributed by atoms with Gasteiger partial charge in [0.25, 0.3) is 5.91 Å². The van der Waals surface area contributed by atoms with Crippen LogP contribution in [0.15, 0.2) is 9.98 Å². The first-order chi connectivity index (χ1) is 10.5. The summed E-state index contributed by atoms with van der Waals surface area (Å²) >= 11 is 0. The Balaban J connectivity index is 1.66. The standard InChI is InChI=1S/C15H21FN4O2/c1-9(2)12-11(16)13(21)18-15(17-12)20-7-5-19(6-8-20)14(22)10-3-4-10/h9-11H,3-8H2,1-2H3. The summed E-state index contributed by atoms with van der Waals surface area (Å²) in [5.41, 5.74) is 0.242. The number of aliphatic imine (C=N–C) groups is 2. The van der Waals surface area contributed by atoms with Gasteiger partial charge in [-0.3, -0.25) is 9.59 Å². The highest BCUT2D eigenvalue weighted by Gasteiger charge is 2.36. The van der Waals surface area contributed by atoms with Crippen LogP contribution in [-0.2, 0) is 9.59 Å². The Morgan fingerprint density at radius 3 is 2.36 bits per heavy atom. The van der Waals surface area contributed by atoms with Gasteiger partial charge in [-0.1, -0.05) is 13.8 Å². The molecule has 1 saturated heterocycles. The monoisotopic (exact) mass is 308 g/mol. The average molecular weight is 308 g/mol. The van der Waals surface area contributed by atoms with Crippen LogP contribution >= 0.6 is 0 Å². The van der Waals surface area contributed by atoms with Crippen molar-refractivity contribution in [1.82, 2.24) is 9.80 Å². The van der Waals surface area contributed by atoms with Crippen LogP contribution in [0.1, 0.15) is 26.7 Å². The van der Waals surface area contributed by atoms with Gasteiger partial charge < -0.3 is 9.80 Å². The van der Waals surface area contributed by atoms with Gasteiger partial charge in [-0.05, 0) is 18.8 Å². The first-order valence-corrected chi connectivity index (χ1v) is 7.86. The molecule has 3 aliphatic rings. The third-order valence-corrected chi connectivity index (χ3v) is 4.31. The van der Waals surface area contributed by atoms with Crippen LogP contribution in [0.4, 0.5) is 4.39 Å². The van der Waals surface area contributed by atoms with E-state index in [1.807, 2.05) is 23.6 Å². The number of piperazine rings is 1. The van der Waals surface area contributed by atoms with Crippen LogP contribution in [0.5, 0.6) is 0 Å². The summed E-state index contributed by atoms with van der Waals surface area (Å²) in [6.45, 7) is 6.00. The summed E-state index contributed by atoms with van der Waals surface area (Å²) in [5, 5.41) is 0. The van der Waals surface area contributed by atoms with E-state index in [-0.39, 0.29) is 23.5 Å². The van der Waals surface area contributed by atoms with E-state index in [9.17, 15) is 14.0 Å². The van der Waals surface area contributed by atoms with E-state index in [4.69, 9.17) is 0 Å². The molecule has 1 atom stereocenters. The number of amides is 2. The molecule has 0 N–H and O–H groups in total. The normalized spacial score (nSPS) is 26.2. The van der Waals surface area contributed by atoms with E-state index < -0.39 is 12.1 Å². The van der Waals surface area contributed by atoms with Crippen molar-refractivity contribution in [3.8, 4) is 0 Å². The maximum Gasteiger partial charge on any atom is 0.289 e. The molecule has 2 fully saturated rings. The maximum absolute atomic E-state index is 13.8. The molecule has 120 valence electrons. The predicted molar refractivity (Wildman–Crippen MR) is 80.5 cm³/mol. The molecule has 6 nitrogen and oxygen atoms in total. The van der Waals surface area contributed by atoms with Crippen LogP contribution in [0.25, 0.3) is 0 Å². The molecule has 1 aliphatic carbocycles. The fraction of sp³-hybridized carbons (Fsp3) is 0.733. The summed E-state index contributed by atoms with van der Waals surface area (Å²) < 4.78 is 13.8. The minimum absolute atomic E-state index is 0.137. The molecule has 0 bridgehead atoms. The fourth-order valence-corrected chi connectivity index (χ4v) is 2.76. The van der Waals surface area contributed by atoms with Gasteiger partial charge in [0.05, 0.1) is 5.71 Å². The summed E-state index contributed by atoms with van der Waals surface area (Å²) in [6, 6.07) is 0. The second-order valence-corrected chi connectivity index (χ2v) is 6.39. The summed E-state index contributed by atoms with van der Waals surface area (Å²) in [5.74, 6) is -0.164. The molecule has 0 aromatic carbocycles. The number of halogens is 1. The number of rotatable bonds is 2. The third-order valence-electron chi connectivity index (χ3n) is 4.31. The number of guanidine groups is 1. The van der Waals surface area contributed by atoms with Gasteiger partial charge in [-0.2, -0.15) is 4.99 Å². The molecule has 1 unspecified atom stereocenters. The predicted octanol–water partition coefficient (Wildman–Crippen LogP) is 0.872. The first kappa shape index (κ1) is 15.1. The molecule has 0 spiro atoms. The molecule has 0 radical (unpaired) electrons. The smallest absolute Gasteiger partial charge is 0.289 e. The summed E-state index contributed by atoms with van der Waals surface area (Å²) in [6.07, 6.45) is 0.280. The van der Waals surface area contributed by atoms with Crippen LogP contribution < -0.4 is 0 Å². The number of carbonyl (C=O) groups excluding carboxylic acids is 2. The van der Waals surface area contributed by atoms with E-state index in [2.05, 4.69) is 9.98 Å². The van der Waals surface area contributed by atoms with Crippen LogP contribution in [0, 0.1) is 11.8 Å². The molecular weight excluding hydrogens is 287 g/mol. The Morgan fingerprint density at radius 1 is 1.18 bits per heavy atom. The van der Waals surface area contributed by atoms with E-state index in [0.717, 1.165) is 12.8 Å². The van der Waals surface area contributed by atoms with Gasteiger partial charge in [-0.25, -0.2) is 9.38 Å². The second-order valence-electron chi connectivity index (χ2n) is 6.39. The van der Waals surface area contributed by atoms with Gasteiger partial charge in [-0.15, -0.1) is 0 Å². The van der Waals surface area contributed by atoms with Gasteiger partial charge in [0.15, 0.2) is 0 Å². The lowest BCUT2D eigenvalue weighted by Gasteiger charge is -2.36. The number of hydrogen-bond acceptors (Lipinski definition) is 4. The summed E-state index contributed by atoms with van der Waals surface area (Å²) in [4.78, 5) is 35.5. The molecule has 22 heavy (non-hydrogen) atoms. The van der Waals surface area contributed by atoms with Gasteiger partial charge in [0.1, 0.15) is 0 Å². The van der Waals surface area contributed by atoms with Crippen molar-refractivity contribution in [3.05, 3.63) is 0 Å². The Hall–Kier alpha value is -1.79. The molecule has 2 aliphatic heterocycles. The number of hydrogen-bond donors (Lipinski definition) is 0. The fourth-order valence-electron chi connectivity index (χ4n) is 2.76. The molecule has 7 heteroatoms. The molecule has 3 rings (SSSR count). The molecule has 0 aromatic rings. The van der Waals surface area contributed by atoms with Crippen molar-refractivity contribution in [2.75, 3.05) is 26.2 Å². The van der Waals surface area contributed by atoms with Crippen molar-refractivity contribution in [2.45, 2.75) is 32.9 Å². The highest BCUT2D eigenvalue weighted by atomic mass is 19.1. The Morgan fingerprint density at radius 2 is 1.82 bits per heavy atom. The van der Waals surface area contributed by atoms with Crippen molar-refractivity contribution < 1.29 is 14.0 Å². The average Bonchev–Trinajstić information content (AvgIpc) is 3.34. The topological polar surface area (TPSA) is 65.3 Å². The van der Waals surface area contributed by atoms with Crippen LogP contribution in [-0.4, -0.2) is 65.6 Å². The highest BCUT2D eigenvalue weighted by Crippen LogP contribution is 2.31. The minimum Gasteiger partial charge on any atom is -0.339 e. The Labute approximate surface area is 129 Å². The maximum atomic E-state index is 13.8. The lowest BCUT2D eigenvalue weighted by Crippen LogP contribution is -2.52. The summed E-state index contributed by atoms with van der Waals surface area (Å²) in [7, 11) is 0. The number of nitrogens with zero attached hydrogens (tertiary/aromatic N) is 4. The lowest BCUT2D eigenvalue weighted by atomic mass is 10.0. The zero-order valence-electron chi connectivity index (χ0n) is 13.0. The largest absolute Gasteiger partial charge is 0.339 e. The lowest BCUT2D eigenvalue weighted by molar-refractivity contribution is -0.133. The molecule has 0 aromatic heterocycles.